The first-order valence-corrected chi connectivity index (χ1v) is 5.20. The molecule has 15 heavy (non-hydrogen) atoms. The Morgan fingerprint density at radius 1 is 1.60 bits per heavy atom. The molecule has 3 heteroatoms. The molecule has 1 aromatic rings. The van der Waals surface area contributed by atoms with Gasteiger partial charge >= 0.3 is 0 Å². The minimum atomic E-state index is -0.0160. The third-order valence-corrected chi connectivity index (χ3v) is 2.25. The fourth-order valence-electron chi connectivity index (χ4n) is 1.12. The van der Waals surface area contributed by atoms with Gasteiger partial charge in [-0.3, -0.25) is 0 Å². The van der Waals surface area contributed by atoms with Crippen molar-refractivity contribution < 1.29 is 4.74 Å². The third kappa shape index (κ3) is 3.57. The highest BCUT2D eigenvalue weighted by Gasteiger charge is 2.05. The Hall–Kier alpha value is -0.990. The third-order valence-electron chi connectivity index (χ3n) is 1.96. The van der Waals surface area contributed by atoms with Crippen LogP contribution in [0, 0.1) is 0 Å². The Bertz CT molecular complexity index is 361. The summed E-state index contributed by atoms with van der Waals surface area (Å²) >= 11 is 6.05. The van der Waals surface area contributed by atoms with Crippen molar-refractivity contribution in [1.29, 1.82) is 0 Å². The summed E-state index contributed by atoms with van der Waals surface area (Å²) in [7, 11) is 0. The van der Waals surface area contributed by atoms with Crippen LogP contribution in [0.2, 0.25) is 5.02 Å². The van der Waals surface area contributed by atoms with E-state index in [0.717, 1.165) is 11.1 Å². The van der Waals surface area contributed by atoms with Crippen LogP contribution in [0.5, 0.6) is 5.75 Å². The van der Waals surface area contributed by atoms with E-state index in [1.165, 1.54) is 0 Å². The fourth-order valence-corrected chi connectivity index (χ4v) is 1.36. The van der Waals surface area contributed by atoms with Gasteiger partial charge in [-0.1, -0.05) is 24.2 Å². The SMILES string of the molecule is C=C(C)COc1ccc(C(C)N)cc1Cl. The average Bonchev–Trinajstić information content (AvgIpc) is 2.15. The van der Waals surface area contributed by atoms with Crippen molar-refractivity contribution in [2.24, 2.45) is 5.73 Å². The van der Waals surface area contributed by atoms with Crippen LogP contribution < -0.4 is 10.5 Å². The maximum Gasteiger partial charge on any atom is 0.138 e. The molecule has 0 saturated carbocycles. The van der Waals surface area contributed by atoms with E-state index >= 15 is 0 Å². The normalized spacial score (nSPS) is 12.3. The number of ether oxygens (including phenoxy) is 1. The Morgan fingerprint density at radius 2 is 2.27 bits per heavy atom. The second-order valence-electron chi connectivity index (χ2n) is 3.72. The smallest absolute Gasteiger partial charge is 0.138 e. The molecular weight excluding hydrogens is 210 g/mol. The van der Waals surface area contributed by atoms with Crippen LogP contribution in [-0.4, -0.2) is 6.61 Å². The zero-order chi connectivity index (χ0) is 11.4. The van der Waals surface area contributed by atoms with Crippen molar-refractivity contribution in [3.63, 3.8) is 0 Å². The van der Waals surface area contributed by atoms with E-state index in [2.05, 4.69) is 6.58 Å². The molecule has 0 aliphatic carbocycles. The van der Waals surface area contributed by atoms with E-state index in [9.17, 15) is 0 Å². The zero-order valence-corrected chi connectivity index (χ0v) is 9.84. The first kappa shape index (κ1) is 12.1. The van der Waals surface area contributed by atoms with Gasteiger partial charge in [-0.2, -0.15) is 0 Å². The summed E-state index contributed by atoms with van der Waals surface area (Å²) in [6, 6.07) is 5.58. The minimum absolute atomic E-state index is 0.0160. The van der Waals surface area contributed by atoms with Gasteiger partial charge in [0.25, 0.3) is 0 Å². The molecule has 0 saturated heterocycles. The summed E-state index contributed by atoms with van der Waals surface area (Å²) in [5.41, 5.74) is 7.70. The summed E-state index contributed by atoms with van der Waals surface area (Å²) in [6.45, 7) is 8.06. The molecule has 0 radical (unpaired) electrons. The first-order chi connectivity index (χ1) is 7.00. The van der Waals surface area contributed by atoms with Crippen LogP contribution in [-0.2, 0) is 0 Å². The lowest BCUT2D eigenvalue weighted by atomic mass is 10.1. The van der Waals surface area contributed by atoms with E-state index < -0.39 is 0 Å². The Morgan fingerprint density at radius 3 is 2.73 bits per heavy atom. The molecule has 82 valence electrons. The highest BCUT2D eigenvalue weighted by Crippen LogP contribution is 2.27. The second kappa shape index (κ2) is 5.19. The molecule has 0 fully saturated rings. The number of nitrogens with two attached hydrogens (primary N) is 1. The lowest BCUT2D eigenvalue weighted by Crippen LogP contribution is -2.05. The van der Waals surface area contributed by atoms with Crippen molar-refractivity contribution in [3.05, 3.63) is 40.9 Å². The Balaban J connectivity index is 2.79. The van der Waals surface area contributed by atoms with Crippen LogP contribution in [0.4, 0.5) is 0 Å². The largest absolute Gasteiger partial charge is 0.488 e. The van der Waals surface area contributed by atoms with Gasteiger partial charge < -0.3 is 10.5 Å². The minimum Gasteiger partial charge on any atom is -0.488 e. The van der Waals surface area contributed by atoms with Crippen molar-refractivity contribution in [3.8, 4) is 5.75 Å². The fraction of sp³-hybridized carbons (Fsp3) is 0.333. The van der Waals surface area contributed by atoms with Crippen molar-refractivity contribution in [1.82, 2.24) is 0 Å². The van der Waals surface area contributed by atoms with Gasteiger partial charge in [0.2, 0.25) is 0 Å². The van der Waals surface area contributed by atoms with Crippen LogP contribution in [0.1, 0.15) is 25.5 Å². The van der Waals surface area contributed by atoms with Gasteiger partial charge in [0.05, 0.1) is 5.02 Å². The molecule has 0 aromatic heterocycles. The first-order valence-electron chi connectivity index (χ1n) is 4.83. The van der Waals surface area contributed by atoms with E-state index in [1.807, 2.05) is 32.0 Å². The number of benzene rings is 1. The summed E-state index contributed by atoms with van der Waals surface area (Å²) in [6.07, 6.45) is 0. The van der Waals surface area contributed by atoms with Gasteiger partial charge in [0.15, 0.2) is 0 Å². The molecule has 0 spiro atoms. The molecule has 0 bridgehead atoms. The van der Waals surface area contributed by atoms with Crippen LogP contribution in [0.3, 0.4) is 0 Å². The number of rotatable bonds is 4. The molecule has 0 aliphatic rings. The van der Waals surface area contributed by atoms with Gasteiger partial charge in [-0.15, -0.1) is 0 Å². The van der Waals surface area contributed by atoms with Gasteiger partial charge in [-0.25, -0.2) is 0 Å². The van der Waals surface area contributed by atoms with Crippen molar-refractivity contribution in [2.75, 3.05) is 6.61 Å². The summed E-state index contributed by atoms with van der Waals surface area (Å²) < 4.78 is 5.46. The summed E-state index contributed by atoms with van der Waals surface area (Å²) in [4.78, 5) is 0. The average molecular weight is 226 g/mol. The molecule has 2 N–H and O–H groups in total. The van der Waals surface area contributed by atoms with Crippen LogP contribution >= 0.6 is 11.6 Å². The predicted octanol–water partition coefficient (Wildman–Crippen LogP) is 3.31. The molecule has 2 nitrogen and oxygen atoms in total. The number of halogens is 1. The van der Waals surface area contributed by atoms with Crippen LogP contribution in [0.15, 0.2) is 30.4 Å². The maximum absolute atomic E-state index is 6.05. The van der Waals surface area contributed by atoms with E-state index in [-0.39, 0.29) is 6.04 Å². The predicted molar refractivity (Wildman–Crippen MR) is 64.4 cm³/mol. The monoisotopic (exact) mass is 225 g/mol. The van der Waals surface area contributed by atoms with E-state index in [0.29, 0.717) is 17.4 Å². The number of hydrogen-bond donors (Lipinski definition) is 1. The molecule has 1 rings (SSSR count). The van der Waals surface area contributed by atoms with Gasteiger partial charge in [-0.05, 0) is 37.1 Å². The topological polar surface area (TPSA) is 35.2 Å². The molecule has 0 aliphatic heterocycles. The second-order valence-corrected chi connectivity index (χ2v) is 4.13. The lowest BCUT2D eigenvalue weighted by Gasteiger charge is -2.11. The maximum atomic E-state index is 6.05. The van der Waals surface area contributed by atoms with E-state index in [4.69, 9.17) is 22.1 Å². The molecular formula is C12H16ClNO. The number of hydrogen-bond acceptors (Lipinski definition) is 2. The van der Waals surface area contributed by atoms with Gasteiger partial charge in [0, 0.05) is 6.04 Å². The standard InChI is InChI=1S/C12H16ClNO/c1-8(2)7-15-12-5-4-10(9(3)14)6-11(12)13/h4-6,9H,1,7,14H2,2-3H3. The Kier molecular flexibility index (Phi) is 4.18. The highest BCUT2D eigenvalue weighted by atomic mass is 35.5. The lowest BCUT2D eigenvalue weighted by molar-refractivity contribution is 0.353. The summed E-state index contributed by atoms with van der Waals surface area (Å²) in [5.74, 6) is 0.670. The Labute approximate surface area is 95.7 Å². The van der Waals surface area contributed by atoms with Crippen molar-refractivity contribution in [2.45, 2.75) is 19.9 Å². The highest BCUT2D eigenvalue weighted by molar-refractivity contribution is 6.32. The summed E-state index contributed by atoms with van der Waals surface area (Å²) in [5, 5.41) is 0.589. The van der Waals surface area contributed by atoms with Gasteiger partial charge in [0.1, 0.15) is 12.4 Å². The quantitative estimate of drug-likeness (QED) is 0.798. The van der Waals surface area contributed by atoms with E-state index in [1.54, 1.807) is 0 Å². The molecule has 1 unspecified atom stereocenters. The molecule has 1 atom stereocenters. The van der Waals surface area contributed by atoms with Crippen molar-refractivity contribution >= 4 is 11.6 Å². The molecule has 0 heterocycles. The zero-order valence-electron chi connectivity index (χ0n) is 9.09. The molecule has 0 amide bonds. The molecule has 1 aromatic carbocycles. The van der Waals surface area contributed by atoms with Crippen LogP contribution in [0.25, 0.3) is 0 Å².